The summed E-state index contributed by atoms with van der Waals surface area (Å²) in [6.07, 6.45) is 4.54. The Balaban J connectivity index is 1.73. The second-order valence-corrected chi connectivity index (χ2v) is 7.76. The Morgan fingerprint density at radius 1 is 1.09 bits per heavy atom. The lowest BCUT2D eigenvalue weighted by Gasteiger charge is -2.16. The highest BCUT2D eigenvalue weighted by Gasteiger charge is 2.23. The van der Waals surface area contributed by atoms with Gasteiger partial charge in [-0.15, -0.1) is 0 Å². The number of ketones is 1. The Kier molecular flexibility index (Phi) is 6.39. The maximum atomic E-state index is 13.2. The Hall–Kier alpha value is -3.75. The second-order valence-electron chi connectivity index (χ2n) is 7.01. The number of carbonyl (C=O) groups is 2. The van der Waals surface area contributed by atoms with Gasteiger partial charge in [-0.1, -0.05) is 35.3 Å². The molecule has 33 heavy (non-hydrogen) atoms. The Morgan fingerprint density at radius 2 is 1.91 bits per heavy atom. The van der Waals surface area contributed by atoms with E-state index >= 15 is 0 Å². The van der Waals surface area contributed by atoms with Gasteiger partial charge in [-0.2, -0.15) is 0 Å². The van der Waals surface area contributed by atoms with Gasteiger partial charge in [-0.25, -0.2) is 9.97 Å². The van der Waals surface area contributed by atoms with Crippen molar-refractivity contribution in [3.63, 3.8) is 0 Å². The first-order valence-electron chi connectivity index (χ1n) is 9.69. The van der Waals surface area contributed by atoms with E-state index in [0.29, 0.717) is 16.5 Å². The van der Waals surface area contributed by atoms with E-state index in [1.165, 1.54) is 19.5 Å². The fourth-order valence-electron chi connectivity index (χ4n) is 3.33. The van der Waals surface area contributed by atoms with Crippen molar-refractivity contribution in [2.24, 2.45) is 0 Å². The fourth-order valence-corrected chi connectivity index (χ4v) is 3.95. The molecule has 0 atom stereocenters. The van der Waals surface area contributed by atoms with Crippen molar-refractivity contribution >= 4 is 57.3 Å². The molecular weight excluding hydrogens is 465 g/mol. The van der Waals surface area contributed by atoms with E-state index in [2.05, 4.69) is 20.3 Å². The molecule has 166 valence electrons. The molecule has 0 unspecified atom stereocenters. The summed E-state index contributed by atoms with van der Waals surface area (Å²) in [5, 5.41) is 3.28. The molecule has 2 aromatic heterocycles. The minimum Gasteiger partial charge on any atom is -0.495 e. The second kappa shape index (κ2) is 9.40. The van der Waals surface area contributed by atoms with Crippen molar-refractivity contribution < 1.29 is 14.3 Å². The number of para-hydroxylation sites is 1. The molecular formula is C23H17Cl2N5O3. The number of nitrogens with two attached hydrogens (primary N) is 1. The maximum absolute atomic E-state index is 13.2. The number of hydrogen-bond acceptors (Lipinski definition) is 7. The van der Waals surface area contributed by atoms with Crippen LogP contribution in [0.3, 0.4) is 0 Å². The van der Waals surface area contributed by atoms with Crippen LogP contribution in [-0.2, 0) is 6.42 Å². The van der Waals surface area contributed by atoms with Crippen LogP contribution in [0.15, 0.2) is 55.1 Å². The van der Waals surface area contributed by atoms with E-state index in [-0.39, 0.29) is 50.6 Å². The fraction of sp³-hybridized carbons (Fsp3) is 0.0870. The first kappa shape index (κ1) is 22.4. The number of anilines is 2. The minimum atomic E-state index is -0.540. The number of nitrogens with zero attached hydrogens (tertiary/aromatic N) is 3. The normalized spacial score (nSPS) is 10.8. The number of methoxy groups -OCH3 is 1. The number of benzene rings is 2. The number of amides is 1. The van der Waals surface area contributed by atoms with Crippen LogP contribution in [0.2, 0.25) is 10.0 Å². The molecule has 0 aliphatic rings. The zero-order valence-electron chi connectivity index (χ0n) is 17.3. The molecule has 2 heterocycles. The predicted molar refractivity (Wildman–Crippen MR) is 127 cm³/mol. The summed E-state index contributed by atoms with van der Waals surface area (Å²) in [4.78, 5) is 38.3. The smallest absolute Gasteiger partial charge is 0.257 e. The number of nitrogen functional groups attached to an aromatic ring is 1. The van der Waals surface area contributed by atoms with Gasteiger partial charge in [0.1, 0.15) is 22.9 Å². The third-order valence-corrected chi connectivity index (χ3v) is 5.72. The summed E-state index contributed by atoms with van der Waals surface area (Å²) in [7, 11) is 1.40. The molecule has 0 spiro atoms. The molecule has 3 N–H and O–H groups in total. The molecule has 0 saturated carbocycles. The first-order valence-corrected chi connectivity index (χ1v) is 10.4. The van der Waals surface area contributed by atoms with Gasteiger partial charge in [-0.3, -0.25) is 14.6 Å². The van der Waals surface area contributed by atoms with Gasteiger partial charge in [0.05, 0.1) is 28.9 Å². The molecule has 0 bridgehead atoms. The molecule has 10 heteroatoms. The Morgan fingerprint density at radius 3 is 2.64 bits per heavy atom. The zero-order valence-corrected chi connectivity index (χ0v) is 18.8. The molecule has 0 saturated heterocycles. The average molecular weight is 482 g/mol. The third kappa shape index (κ3) is 4.44. The topological polar surface area (TPSA) is 120 Å². The zero-order chi connectivity index (χ0) is 23.5. The monoisotopic (exact) mass is 481 g/mol. The van der Waals surface area contributed by atoms with Crippen LogP contribution in [0, 0.1) is 0 Å². The van der Waals surface area contributed by atoms with Crippen LogP contribution in [0.1, 0.15) is 26.3 Å². The lowest BCUT2D eigenvalue weighted by Crippen LogP contribution is -2.15. The van der Waals surface area contributed by atoms with Gasteiger partial charge >= 0.3 is 0 Å². The average Bonchev–Trinajstić information content (AvgIpc) is 2.82. The van der Waals surface area contributed by atoms with Crippen LogP contribution < -0.4 is 15.8 Å². The van der Waals surface area contributed by atoms with E-state index in [4.69, 9.17) is 33.7 Å². The molecule has 1 amide bonds. The summed E-state index contributed by atoms with van der Waals surface area (Å²) in [5.41, 5.74) is 7.42. The number of pyridine rings is 1. The van der Waals surface area contributed by atoms with Gasteiger partial charge < -0.3 is 15.8 Å². The van der Waals surface area contributed by atoms with E-state index in [9.17, 15) is 9.59 Å². The summed E-state index contributed by atoms with van der Waals surface area (Å²) < 4.78 is 5.31. The van der Waals surface area contributed by atoms with E-state index in [0.717, 1.165) is 0 Å². The number of halogens is 2. The van der Waals surface area contributed by atoms with E-state index in [1.807, 2.05) is 0 Å². The number of rotatable bonds is 6. The van der Waals surface area contributed by atoms with Gasteiger partial charge in [0, 0.05) is 29.8 Å². The van der Waals surface area contributed by atoms with Gasteiger partial charge in [0.15, 0.2) is 5.78 Å². The highest BCUT2D eigenvalue weighted by molar-refractivity contribution is 6.43. The van der Waals surface area contributed by atoms with Crippen molar-refractivity contribution in [1.29, 1.82) is 0 Å². The molecule has 0 radical (unpaired) electrons. The number of aromatic nitrogens is 3. The van der Waals surface area contributed by atoms with Gasteiger partial charge in [0.2, 0.25) is 0 Å². The lowest BCUT2D eigenvalue weighted by molar-refractivity contribution is 0.0989. The van der Waals surface area contributed by atoms with Gasteiger partial charge in [-0.05, 0) is 29.8 Å². The van der Waals surface area contributed by atoms with Crippen LogP contribution in [-0.4, -0.2) is 33.8 Å². The van der Waals surface area contributed by atoms with E-state index < -0.39 is 5.91 Å². The maximum Gasteiger partial charge on any atom is 0.257 e. The lowest BCUT2D eigenvalue weighted by atomic mass is 10.0. The van der Waals surface area contributed by atoms with Crippen molar-refractivity contribution in [2.45, 2.75) is 6.42 Å². The summed E-state index contributed by atoms with van der Waals surface area (Å²) in [6.45, 7) is 0. The predicted octanol–water partition coefficient (Wildman–Crippen LogP) is 4.60. The standard InChI is InChI=1S/C23H17Cl2N5O3/c1-33-17-9-15(16(31)8-12-4-3-7-27-10-12)18(24)21(19(17)25)30-23(32)14-6-2-5-13-20(14)28-11-29-22(13)26/h2-7,9-11H,8H2,1H3,(H,30,32)(H2,26,28,29). The minimum absolute atomic E-state index is 0.00239. The number of fused-ring (bicyclic) bond motifs is 1. The highest BCUT2D eigenvalue weighted by Crippen LogP contribution is 2.41. The van der Waals surface area contributed by atoms with E-state index in [1.54, 1.807) is 42.7 Å². The number of ether oxygens (including phenoxy) is 1. The van der Waals surface area contributed by atoms with Crippen LogP contribution in [0.5, 0.6) is 5.75 Å². The number of hydrogen-bond donors (Lipinski definition) is 2. The summed E-state index contributed by atoms with van der Waals surface area (Å²) in [5.74, 6) is -0.392. The molecule has 4 aromatic rings. The summed E-state index contributed by atoms with van der Waals surface area (Å²) in [6, 6.07) is 9.92. The highest BCUT2D eigenvalue weighted by atomic mass is 35.5. The molecule has 0 aliphatic carbocycles. The largest absolute Gasteiger partial charge is 0.495 e. The number of nitrogens with one attached hydrogen (secondary N) is 1. The quantitative estimate of drug-likeness (QED) is 0.386. The van der Waals surface area contributed by atoms with Gasteiger partial charge in [0.25, 0.3) is 5.91 Å². The van der Waals surface area contributed by atoms with Crippen molar-refractivity contribution in [1.82, 2.24) is 15.0 Å². The number of carbonyl (C=O) groups excluding carboxylic acids is 2. The molecule has 0 fully saturated rings. The molecule has 2 aromatic carbocycles. The first-order chi connectivity index (χ1) is 15.9. The van der Waals surface area contributed by atoms with Crippen LogP contribution >= 0.6 is 23.2 Å². The van der Waals surface area contributed by atoms with Crippen LogP contribution in [0.4, 0.5) is 11.5 Å². The molecule has 4 rings (SSSR count). The SMILES string of the molecule is COc1cc(C(=O)Cc2cccnc2)c(Cl)c(NC(=O)c2cccc3c(N)ncnc23)c1Cl. The Bertz CT molecular complexity index is 1380. The Labute approximate surface area is 198 Å². The molecule has 0 aliphatic heterocycles. The van der Waals surface area contributed by atoms with Crippen molar-refractivity contribution in [3.05, 3.63) is 81.9 Å². The van der Waals surface area contributed by atoms with Crippen molar-refractivity contribution in [3.8, 4) is 5.75 Å². The summed E-state index contributed by atoms with van der Waals surface area (Å²) >= 11 is 13.0. The number of Topliss-reactive ketones (excluding diaryl/α,β-unsaturated/α-hetero) is 1. The molecule has 8 nitrogen and oxygen atoms in total. The van der Waals surface area contributed by atoms with Crippen LogP contribution in [0.25, 0.3) is 10.9 Å². The third-order valence-electron chi connectivity index (χ3n) is 4.95. The van der Waals surface area contributed by atoms with Crippen molar-refractivity contribution in [2.75, 3.05) is 18.2 Å².